The van der Waals surface area contributed by atoms with E-state index in [-0.39, 0.29) is 11.3 Å². The molecule has 0 spiro atoms. The Hall–Kier alpha value is -1.06. The molecule has 1 aliphatic rings. The van der Waals surface area contributed by atoms with Gasteiger partial charge >= 0.3 is 5.97 Å². The van der Waals surface area contributed by atoms with Crippen LogP contribution in [0.4, 0.5) is 0 Å². The first-order valence-electron chi connectivity index (χ1n) is 6.65. The fourth-order valence-corrected chi connectivity index (χ4v) is 2.27. The van der Waals surface area contributed by atoms with E-state index in [1.54, 1.807) is 11.8 Å². The van der Waals surface area contributed by atoms with Crippen molar-refractivity contribution in [3.05, 3.63) is 0 Å². The number of likely N-dealkylation sites (tertiary alicyclic amines) is 1. The lowest BCUT2D eigenvalue weighted by Gasteiger charge is -2.37. The fourth-order valence-electron chi connectivity index (χ4n) is 2.27. The van der Waals surface area contributed by atoms with Crippen molar-refractivity contribution in [3.8, 4) is 0 Å². The predicted octanol–water partition coefficient (Wildman–Crippen LogP) is 2.53. The van der Waals surface area contributed by atoms with Gasteiger partial charge in [0, 0.05) is 19.5 Å². The average Bonchev–Trinajstić information content (AvgIpc) is 2.24. The largest absolute Gasteiger partial charge is 0.481 e. The third-order valence-corrected chi connectivity index (χ3v) is 3.65. The van der Waals surface area contributed by atoms with E-state index in [9.17, 15) is 14.7 Å². The third kappa shape index (κ3) is 4.00. The molecule has 18 heavy (non-hydrogen) atoms. The number of hydrogen-bond donors (Lipinski definition) is 1. The van der Waals surface area contributed by atoms with Crippen LogP contribution in [0.3, 0.4) is 0 Å². The molecule has 4 heteroatoms. The second-order valence-corrected chi connectivity index (χ2v) is 6.85. The van der Waals surface area contributed by atoms with Crippen LogP contribution in [0.5, 0.6) is 0 Å². The van der Waals surface area contributed by atoms with Crippen LogP contribution in [-0.2, 0) is 9.59 Å². The standard InChI is InChI=1S/C14H25NO3/c1-13(2,3)8-6-11(16)15-9-5-7-14(4,10-15)12(17)18/h5-10H2,1-4H3,(H,17,18). The van der Waals surface area contributed by atoms with E-state index in [1.807, 2.05) is 0 Å². The summed E-state index contributed by atoms with van der Waals surface area (Å²) < 4.78 is 0. The molecule has 1 atom stereocenters. The lowest BCUT2D eigenvalue weighted by atomic mass is 9.81. The maximum atomic E-state index is 12.1. The summed E-state index contributed by atoms with van der Waals surface area (Å²) in [7, 11) is 0. The molecular weight excluding hydrogens is 230 g/mol. The van der Waals surface area contributed by atoms with Gasteiger partial charge in [0.15, 0.2) is 0 Å². The Morgan fingerprint density at radius 2 is 1.94 bits per heavy atom. The summed E-state index contributed by atoms with van der Waals surface area (Å²) in [6.45, 7) is 9.11. The summed E-state index contributed by atoms with van der Waals surface area (Å²) in [6.07, 6.45) is 2.79. The van der Waals surface area contributed by atoms with Crippen molar-refractivity contribution in [3.63, 3.8) is 0 Å². The van der Waals surface area contributed by atoms with Crippen molar-refractivity contribution in [1.82, 2.24) is 4.90 Å². The van der Waals surface area contributed by atoms with E-state index in [4.69, 9.17) is 0 Å². The zero-order valence-electron chi connectivity index (χ0n) is 12.0. The Kier molecular flexibility index (Phi) is 4.41. The highest BCUT2D eigenvalue weighted by atomic mass is 16.4. The molecule has 1 fully saturated rings. The van der Waals surface area contributed by atoms with Gasteiger partial charge in [0.1, 0.15) is 0 Å². The van der Waals surface area contributed by atoms with E-state index in [0.717, 1.165) is 12.8 Å². The van der Waals surface area contributed by atoms with Crippen molar-refractivity contribution < 1.29 is 14.7 Å². The molecule has 0 aromatic carbocycles. The normalized spacial score (nSPS) is 25.0. The number of aliphatic carboxylic acids is 1. The van der Waals surface area contributed by atoms with Crippen LogP contribution in [0, 0.1) is 10.8 Å². The first kappa shape index (κ1) is 15.0. The van der Waals surface area contributed by atoms with Gasteiger partial charge in [-0.25, -0.2) is 0 Å². The summed E-state index contributed by atoms with van der Waals surface area (Å²) >= 11 is 0. The van der Waals surface area contributed by atoms with Crippen LogP contribution >= 0.6 is 0 Å². The van der Waals surface area contributed by atoms with Crippen molar-refractivity contribution in [1.29, 1.82) is 0 Å². The van der Waals surface area contributed by atoms with Gasteiger partial charge in [-0.3, -0.25) is 9.59 Å². The topological polar surface area (TPSA) is 57.6 Å². The van der Waals surface area contributed by atoms with Crippen LogP contribution in [0.2, 0.25) is 0 Å². The van der Waals surface area contributed by atoms with E-state index in [2.05, 4.69) is 20.8 Å². The van der Waals surface area contributed by atoms with Crippen molar-refractivity contribution in [2.24, 2.45) is 10.8 Å². The van der Waals surface area contributed by atoms with Gasteiger partial charge in [-0.1, -0.05) is 20.8 Å². The smallest absolute Gasteiger partial charge is 0.311 e. The maximum Gasteiger partial charge on any atom is 0.311 e. The molecule has 0 aromatic heterocycles. The van der Waals surface area contributed by atoms with Crippen molar-refractivity contribution >= 4 is 11.9 Å². The molecule has 0 saturated carbocycles. The lowest BCUT2D eigenvalue weighted by Crippen LogP contribution is -2.48. The summed E-state index contributed by atoms with van der Waals surface area (Å²) in [5.74, 6) is -0.701. The zero-order valence-corrected chi connectivity index (χ0v) is 12.0. The number of carbonyl (C=O) groups excluding carboxylic acids is 1. The van der Waals surface area contributed by atoms with E-state index in [0.29, 0.717) is 25.9 Å². The summed E-state index contributed by atoms with van der Waals surface area (Å²) in [5, 5.41) is 9.22. The highest BCUT2D eigenvalue weighted by Gasteiger charge is 2.39. The molecule has 1 rings (SSSR count). The maximum absolute atomic E-state index is 12.1. The second kappa shape index (κ2) is 5.29. The number of nitrogens with zero attached hydrogens (tertiary/aromatic N) is 1. The summed E-state index contributed by atoms with van der Waals surface area (Å²) in [5.41, 5.74) is -0.628. The van der Waals surface area contributed by atoms with E-state index < -0.39 is 11.4 Å². The quantitative estimate of drug-likeness (QED) is 0.843. The van der Waals surface area contributed by atoms with Gasteiger partial charge in [0.2, 0.25) is 5.91 Å². The number of hydrogen-bond acceptors (Lipinski definition) is 2. The number of amides is 1. The van der Waals surface area contributed by atoms with Crippen LogP contribution in [0.25, 0.3) is 0 Å². The summed E-state index contributed by atoms with van der Waals surface area (Å²) in [6, 6.07) is 0. The number of carbonyl (C=O) groups is 2. The molecule has 1 heterocycles. The second-order valence-electron chi connectivity index (χ2n) is 6.85. The van der Waals surface area contributed by atoms with Gasteiger partial charge in [-0.15, -0.1) is 0 Å². The fraction of sp³-hybridized carbons (Fsp3) is 0.857. The first-order valence-corrected chi connectivity index (χ1v) is 6.65. The van der Waals surface area contributed by atoms with E-state index in [1.165, 1.54) is 0 Å². The van der Waals surface area contributed by atoms with Gasteiger partial charge in [0.25, 0.3) is 0 Å². The lowest BCUT2D eigenvalue weighted by molar-refractivity contribution is -0.153. The molecule has 1 N–H and O–H groups in total. The van der Waals surface area contributed by atoms with Gasteiger partial charge in [0.05, 0.1) is 5.41 Å². The van der Waals surface area contributed by atoms with Gasteiger partial charge < -0.3 is 10.0 Å². The first-order chi connectivity index (χ1) is 8.14. The van der Waals surface area contributed by atoms with Gasteiger partial charge in [-0.2, -0.15) is 0 Å². The van der Waals surface area contributed by atoms with Crippen LogP contribution < -0.4 is 0 Å². The molecule has 0 bridgehead atoms. The number of rotatable bonds is 3. The number of carboxylic acids is 1. The number of piperidine rings is 1. The Bertz CT molecular complexity index is 332. The SMILES string of the molecule is CC(C)(C)CCC(=O)N1CCCC(C)(C(=O)O)C1. The Balaban J connectivity index is 2.56. The molecule has 0 radical (unpaired) electrons. The minimum Gasteiger partial charge on any atom is -0.481 e. The molecule has 0 aliphatic carbocycles. The van der Waals surface area contributed by atoms with Gasteiger partial charge in [-0.05, 0) is 31.6 Å². The molecule has 1 saturated heterocycles. The molecule has 1 aliphatic heterocycles. The van der Waals surface area contributed by atoms with E-state index >= 15 is 0 Å². The Morgan fingerprint density at radius 3 is 2.44 bits per heavy atom. The monoisotopic (exact) mass is 255 g/mol. The average molecular weight is 255 g/mol. The minimum atomic E-state index is -0.796. The molecule has 104 valence electrons. The van der Waals surface area contributed by atoms with Crippen LogP contribution in [-0.4, -0.2) is 35.0 Å². The van der Waals surface area contributed by atoms with Crippen LogP contribution in [0.15, 0.2) is 0 Å². The highest BCUT2D eigenvalue weighted by molar-refractivity contribution is 5.79. The van der Waals surface area contributed by atoms with Crippen LogP contribution in [0.1, 0.15) is 53.4 Å². The Labute approximate surface area is 109 Å². The zero-order chi connectivity index (χ0) is 14.0. The van der Waals surface area contributed by atoms with Crippen molar-refractivity contribution in [2.45, 2.75) is 53.4 Å². The number of carboxylic acid groups (broad SMARTS) is 1. The minimum absolute atomic E-state index is 0.0945. The molecule has 1 amide bonds. The molecular formula is C14H25NO3. The molecule has 4 nitrogen and oxygen atoms in total. The molecule has 0 aromatic rings. The highest BCUT2D eigenvalue weighted by Crippen LogP contribution is 2.30. The third-order valence-electron chi connectivity index (χ3n) is 3.65. The Morgan fingerprint density at radius 1 is 1.33 bits per heavy atom. The predicted molar refractivity (Wildman–Crippen MR) is 70.2 cm³/mol. The molecule has 1 unspecified atom stereocenters. The van der Waals surface area contributed by atoms with Crippen molar-refractivity contribution in [2.75, 3.05) is 13.1 Å². The summed E-state index contributed by atoms with van der Waals surface area (Å²) in [4.78, 5) is 25.0.